The number of hydrogen-bond acceptors (Lipinski definition) is 2. The Morgan fingerprint density at radius 1 is 0.947 bits per heavy atom. The third-order valence-electron chi connectivity index (χ3n) is 2.54. The molecule has 5 heteroatoms. The molecule has 0 radical (unpaired) electrons. The Morgan fingerprint density at radius 3 is 2.11 bits per heavy atom. The molecule has 3 nitrogen and oxygen atoms in total. The predicted molar refractivity (Wildman–Crippen MR) is 81.2 cm³/mol. The highest BCUT2D eigenvalue weighted by Gasteiger charge is 2.20. The average molecular weight is 383 g/mol. The maximum Gasteiger partial charge on any atom is 0.266 e. The van der Waals surface area contributed by atoms with E-state index in [9.17, 15) is 9.59 Å². The number of amides is 2. The van der Waals surface area contributed by atoms with Crippen molar-refractivity contribution in [1.82, 2.24) is 0 Å². The number of halogens is 2. The molecular formula is C14H9Br2NO2. The third kappa shape index (κ3) is 2.93. The van der Waals surface area contributed by atoms with Crippen molar-refractivity contribution in [2.75, 3.05) is 4.90 Å². The van der Waals surface area contributed by atoms with Crippen LogP contribution in [0.2, 0.25) is 0 Å². The Bertz CT molecular complexity index is 628. The van der Waals surface area contributed by atoms with Crippen molar-refractivity contribution in [1.29, 1.82) is 0 Å². The summed E-state index contributed by atoms with van der Waals surface area (Å²) in [6.45, 7) is 0. The van der Waals surface area contributed by atoms with E-state index >= 15 is 0 Å². The van der Waals surface area contributed by atoms with E-state index < -0.39 is 0 Å². The largest absolute Gasteiger partial charge is 0.278 e. The summed E-state index contributed by atoms with van der Waals surface area (Å²) in [5.41, 5.74) is 0.948. The maximum atomic E-state index is 12.4. The molecular weight excluding hydrogens is 374 g/mol. The molecule has 0 heterocycles. The molecule has 0 aliphatic rings. The van der Waals surface area contributed by atoms with Gasteiger partial charge in [-0.3, -0.25) is 9.59 Å². The van der Waals surface area contributed by atoms with Gasteiger partial charge in [0.25, 0.3) is 5.91 Å². The fraction of sp³-hybridized carbons (Fsp3) is 0. The minimum Gasteiger partial charge on any atom is -0.278 e. The van der Waals surface area contributed by atoms with E-state index in [1.807, 2.05) is 12.1 Å². The van der Waals surface area contributed by atoms with Crippen LogP contribution in [-0.4, -0.2) is 12.3 Å². The minimum absolute atomic E-state index is 0.380. The number of imide groups is 1. The minimum atomic E-state index is -0.380. The SMILES string of the molecule is O=CN(C(=O)c1ccccc1Br)c1ccccc1Br. The summed E-state index contributed by atoms with van der Waals surface area (Å²) in [7, 11) is 0. The Labute approximate surface area is 127 Å². The van der Waals surface area contributed by atoms with E-state index in [1.165, 1.54) is 0 Å². The molecule has 2 aromatic rings. The van der Waals surface area contributed by atoms with E-state index in [-0.39, 0.29) is 5.91 Å². The van der Waals surface area contributed by atoms with Gasteiger partial charge in [0.1, 0.15) is 0 Å². The van der Waals surface area contributed by atoms with Gasteiger partial charge in [-0.25, -0.2) is 4.90 Å². The molecule has 0 bridgehead atoms. The number of carbonyl (C=O) groups excluding carboxylic acids is 2. The lowest BCUT2D eigenvalue weighted by molar-refractivity contribution is -0.106. The van der Waals surface area contributed by atoms with Crippen LogP contribution in [0.15, 0.2) is 57.5 Å². The second kappa shape index (κ2) is 6.12. The van der Waals surface area contributed by atoms with Crippen LogP contribution in [0.1, 0.15) is 10.4 Å². The molecule has 96 valence electrons. The quantitative estimate of drug-likeness (QED) is 0.752. The van der Waals surface area contributed by atoms with Gasteiger partial charge in [0.15, 0.2) is 0 Å². The van der Waals surface area contributed by atoms with E-state index in [0.717, 1.165) is 4.90 Å². The van der Waals surface area contributed by atoms with Crippen LogP contribution in [0.3, 0.4) is 0 Å². The van der Waals surface area contributed by atoms with Gasteiger partial charge in [-0.15, -0.1) is 0 Å². The third-order valence-corrected chi connectivity index (χ3v) is 3.90. The Balaban J connectivity index is 2.44. The van der Waals surface area contributed by atoms with E-state index in [1.54, 1.807) is 36.4 Å². The van der Waals surface area contributed by atoms with Gasteiger partial charge in [0.2, 0.25) is 6.41 Å². The topological polar surface area (TPSA) is 37.4 Å². The van der Waals surface area contributed by atoms with Gasteiger partial charge < -0.3 is 0 Å². The van der Waals surface area contributed by atoms with Crippen molar-refractivity contribution < 1.29 is 9.59 Å². The smallest absolute Gasteiger partial charge is 0.266 e. The van der Waals surface area contributed by atoms with E-state index in [4.69, 9.17) is 0 Å². The lowest BCUT2D eigenvalue weighted by Gasteiger charge is -2.17. The van der Waals surface area contributed by atoms with Crippen molar-refractivity contribution in [3.63, 3.8) is 0 Å². The fourth-order valence-electron chi connectivity index (χ4n) is 1.63. The summed E-state index contributed by atoms with van der Waals surface area (Å²) >= 11 is 6.64. The highest BCUT2D eigenvalue weighted by molar-refractivity contribution is 9.11. The van der Waals surface area contributed by atoms with Gasteiger partial charge in [-0.2, -0.15) is 0 Å². The number of para-hydroxylation sites is 1. The number of anilines is 1. The number of nitrogens with zero attached hydrogens (tertiary/aromatic N) is 1. The highest BCUT2D eigenvalue weighted by Crippen LogP contribution is 2.27. The number of rotatable bonds is 3. The Morgan fingerprint density at radius 2 is 1.53 bits per heavy atom. The first-order valence-electron chi connectivity index (χ1n) is 5.43. The van der Waals surface area contributed by atoms with Crippen LogP contribution in [0.4, 0.5) is 5.69 Å². The van der Waals surface area contributed by atoms with Crippen LogP contribution in [-0.2, 0) is 4.79 Å². The molecule has 0 fully saturated rings. The summed E-state index contributed by atoms with van der Waals surface area (Å²) in [5.74, 6) is -0.380. The summed E-state index contributed by atoms with van der Waals surface area (Å²) in [6.07, 6.45) is 0.516. The number of carbonyl (C=O) groups is 2. The van der Waals surface area contributed by atoms with Crippen molar-refractivity contribution in [3.8, 4) is 0 Å². The van der Waals surface area contributed by atoms with E-state index in [2.05, 4.69) is 31.9 Å². The van der Waals surface area contributed by atoms with Crippen LogP contribution in [0, 0.1) is 0 Å². The molecule has 0 saturated carbocycles. The van der Waals surface area contributed by atoms with Gasteiger partial charge in [0, 0.05) is 8.95 Å². The lowest BCUT2D eigenvalue weighted by Crippen LogP contribution is -2.29. The van der Waals surface area contributed by atoms with Gasteiger partial charge in [-0.05, 0) is 56.1 Å². The van der Waals surface area contributed by atoms with Crippen LogP contribution in [0.5, 0.6) is 0 Å². The van der Waals surface area contributed by atoms with E-state index in [0.29, 0.717) is 26.6 Å². The monoisotopic (exact) mass is 381 g/mol. The first-order chi connectivity index (χ1) is 9.15. The van der Waals surface area contributed by atoms with Crippen molar-refractivity contribution in [3.05, 3.63) is 63.0 Å². The summed E-state index contributed by atoms with van der Waals surface area (Å²) in [6, 6.07) is 14.1. The normalized spacial score (nSPS) is 10.0. The van der Waals surface area contributed by atoms with Gasteiger partial charge >= 0.3 is 0 Å². The molecule has 0 aliphatic heterocycles. The summed E-state index contributed by atoms with van der Waals surface area (Å²) in [4.78, 5) is 24.7. The standard InChI is InChI=1S/C14H9Br2NO2/c15-11-6-2-1-5-10(11)14(19)17(9-18)13-8-4-3-7-12(13)16/h1-9H. The molecule has 2 amide bonds. The molecule has 19 heavy (non-hydrogen) atoms. The van der Waals surface area contributed by atoms with Crippen LogP contribution < -0.4 is 4.90 Å². The second-order valence-corrected chi connectivity index (χ2v) is 5.42. The molecule has 0 aliphatic carbocycles. The second-order valence-electron chi connectivity index (χ2n) is 3.71. The summed E-state index contributed by atoms with van der Waals surface area (Å²) in [5, 5.41) is 0. The molecule has 0 N–H and O–H groups in total. The first kappa shape index (κ1) is 14.0. The maximum absolute atomic E-state index is 12.4. The molecule has 0 unspecified atom stereocenters. The first-order valence-corrected chi connectivity index (χ1v) is 7.01. The Hall–Kier alpha value is -1.46. The van der Waals surface area contributed by atoms with Crippen molar-refractivity contribution in [2.24, 2.45) is 0 Å². The van der Waals surface area contributed by atoms with Crippen molar-refractivity contribution in [2.45, 2.75) is 0 Å². The van der Waals surface area contributed by atoms with Gasteiger partial charge in [-0.1, -0.05) is 24.3 Å². The average Bonchev–Trinajstić information content (AvgIpc) is 2.42. The molecule has 2 aromatic carbocycles. The summed E-state index contributed by atoms with van der Waals surface area (Å²) < 4.78 is 1.33. The lowest BCUT2D eigenvalue weighted by atomic mass is 10.2. The zero-order valence-corrected chi connectivity index (χ0v) is 12.9. The highest BCUT2D eigenvalue weighted by atomic mass is 79.9. The number of hydrogen-bond donors (Lipinski definition) is 0. The van der Waals surface area contributed by atoms with Gasteiger partial charge in [0.05, 0.1) is 11.3 Å². The molecule has 0 spiro atoms. The fourth-order valence-corrected chi connectivity index (χ4v) is 2.56. The van der Waals surface area contributed by atoms with Crippen LogP contribution >= 0.6 is 31.9 Å². The molecule has 0 saturated heterocycles. The van der Waals surface area contributed by atoms with Crippen molar-refractivity contribution >= 4 is 49.9 Å². The zero-order chi connectivity index (χ0) is 13.8. The number of benzene rings is 2. The van der Waals surface area contributed by atoms with Crippen LogP contribution in [0.25, 0.3) is 0 Å². The predicted octanol–water partition coefficient (Wildman–Crippen LogP) is 4.01. The molecule has 0 atom stereocenters. The Kier molecular flexibility index (Phi) is 4.50. The zero-order valence-electron chi connectivity index (χ0n) is 9.72. The molecule has 2 rings (SSSR count). The molecule has 0 aromatic heterocycles.